The van der Waals surface area contributed by atoms with E-state index in [1.165, 1.54) is 32.2 Å². The molecule has 3 fully saturated rings. The molecule has 1 saturated carbocycles. The Hall–Kier alpha value is -0.850. The van der Waals surface area contributed by atoms with Gasteiger partial charge in [0.05, 0.1) is 6.61 Å². The van der Waals surface area contributed by atoms with Gasteiger partial charge in [0.25, 0.3) is 0 Å². The van der Waals surface area contributed by atoms with Crippen LogP contribution in [0.15, 0.2) is 0 Å². The van der Waals surface area contributed by atoms with E-state index in [9.17, 15) is 4.79 Å². The molecule has 0 aromatic rings. The molecular weight excluding hydrogens is 304 g/mol. The molecule has 0 radical (unpaired) electrons. The second-order valence-corrected chi connectivity index (χ2v) is 7.60. The number of carbonyl (C=O) groups is 1. The van der Waals surface area contributed by atoms with Crippen molar-refractivity contribution in [3.63, 3.8) is 0 Å². The Bertz CT molecular complexity index is 379. The van der Waals surface area contributed by atoms with Crippen LogP contribution in [0.2, 0.25) is 0 Å². The molecule has 0 unspecified atom stereocenters. The van der Waals surface area contributed by atoms with Gasteiger partial charge in [-0.3, -0.25) is 4.90 Å². The van der Waals surface area contributed by atoms with E-state index >= 15 is 0 Å². The standard InChI is InChI=1S/C18H34N4O2/c23-18(19-7-10-21-8-3-12-24-13-11-21)20-17-6-9-22(15-17)14-16-4-1-2-5-16/h16-17H,1-15H2,(H2,19,20,23)/t17-/m1/s1. The van der Waals surface area contributed by atoms with Gasteiger partial charge in [0.2, 0.25) is 0 Å². The van der Waals surface area contributed by atoms with Crippen molar-refractivity contribution in [3.05, 3.63) is 0 Å². The van der Waals surface area contributed by atoms with E-state index < -0.39 is 0 Å². The van der Waals surface area contributed by atoms with Crippen molar-refractivity contribution in [1.82, 2.24) is 20.4 Å². The van der Waals surface area contributed by atoms with Crippen LogP contribution in [0.3, 0.4) is 0 Å². The molecule has 1 aliphatic carbocycles. The molecule has 6 nitrogen and oxygen atoms in total. The first-order valence-electron chi connectivity index (χ1n) is 9.86. The molecule has 6 heteroatoms. The first-order valence-corrected chi connectivity index (χ1v) is 9.86. The van der Waals surface area contributed by atoms with Crippen molar-refractivity contribution >= 4 is 6.03 Å². The third kappa shape index (κ3) is 5.90. The van der Waals surface area contributed by atoms with E-state index in [1.807, 2.05) is 0 Å². The minimum atomic E-state index is -0.00575. The molecule has 2 amide bonds. The lowest BCUT2D eigenvalue weighted by atomic mass is 10.1. The number of urea groups is 1. The summed E-state index contributed by atoms with van der Waals surface area (Å²) in [5, 5.41) is 6.16. The fourth-order valence-electron chi connectivity index (χ4n) is 4.26. The Labute approximate surface area is 146 Å². The Morgan fingerprint density at radius 3 is 2.75 bits per heavy atom. The molecular formula is C18H34N4O2. The van der Waals surface area contributed by atoms with E-state index in [2.05, 4.69) is 20.4 Å². The van der Waals surface area contributed by atoms with Crippen LogP contribution in [-0.2, 0) is 4.74 Å². The van der Waals surface area contributed by atoms with Crippen LogP contribution in [0.1, 0.15) is 38.5 Å². The average molecular weight is 338 g/mol. The third-order valence-electron chi connectivity index (χ3n) is 5.63. The van der Waals surface area contributed by atoms with Crippen molar-refractivity contribution in [2.75, 3.05) is 59.0 Å². The average Bonchev–Trinajstić information content (AvgIpc) is 3.16. The molecule has 1 atom stereocenters. The molecule has 3 aliphatic rings. The second kappa shape index (κ2) is 9.59. The summed E-state index contributed by atoms with van der Waals surface area (Å²) in [6.45, 7) is 8.73. The fraction of sp³-hybridized carbons (Fsp3) is 0.944. The highest BCUT2D eigenvalue weighted by Gasteiger charge is 2.26. The summed E-state index contributed by atoms with van der Waals surface area (Å²) in [7, 11) is 0. The van der Waals surface area contributed by atoms with Crippen LogP contribution in [-0.4, -0.2) is 80.9 Å². The number of nitrogens with zero attached hydrogens (tertiary/aromatic N) is 2. The molecule has 0 aromatic carbocycles. The summed E-state index contributed by atoms with van der Waals surface area (Å²) in [6, 6.07) is 0.312. The summed E-state index contributed by atoms with van der Waals surface area (Å²) < 4.78 is 5.45. The Morgan fingerprint density at radius 1 is 1.00 bits per heavy atom. The molecule has 3 rings (SSSR count). The summed E-state index contributed by atoms with van der Waals surface area (Å²) in [6.07, 6.45) is 7.79. The zero-order valence-corrected chi connectivity index (χ0v) is 15.0. The molecule has 2 saturated heterocycles. The number of likely N-dealkylation sites (tertiary alicyclic amines) is 1. The quantitative estimate of drug-likeness (QED) is 0.766. The van der Waals surface area contributed by atoms with Crippen molar-refractivity contribution in [3.8, 4) is 0 Å². The minimum Gasteiger partial charge on any atom is -0.380 e. The molecule has 0 bridgehead atoms. The Balaban J connectivity index is 1.26. The van der Waals surface area contributed by atoms with Crippen LogP contribution in [0.5, 0.6) is 0 Å². The van der Waals surface area contributed by atoms with E-state index in [4.69, 9.17) is 4.74 Å². The van der Waals surface area contributed by atoms with Crippen LogP contribution in [0, 0.1) is 5.92 Å². The molecule has 2 heterocycles. The normalized spacial score (nSPS) is 27.2. The van der Waals surface area contributed by atoms with Gasteiger partial charge >= 0.3 is 6.03 Å². The maximum absolute atomic E-state index is 12.1. The predicted octanol–water partition coefficient (Wildman–Crippen LogP) is 1.27. The number of rotatable bonds is 6. The van der Waals surface area contributed by atoms with E-state index in [-0.39, 0.29) is 6.03 Å². The van der Waals surface area contributed by atoms with Crippen molar-refractivity contribution in [2.45, 2.75) is 44.6 Å². The number of hydrogen-bond acceptors (Lipinski definition) is 4. The highest BCUT2D eigenvalue weighted by Crippen LogP contribution is 2.26. The van der Waals surface area contributed by atoms with Crippen molar-refractivity contribution in [2.24, 2.45) is 5.92 Å². The van der Waals surface area contributed by atoms with Crippen molar-refractivity contribution < 1.29 is 9.53 Å². The zero-order chi connectivity index (χ0) is 16.6. The van der Waals surface area contributed by atoms with Gasteiger partial charge < -0.3 is 20.3 Å². The smallest absolute Gasteiger partial charge is 0.315 e. The van der Waals surface area contributed by atoms with Crippen LogP contribution in [0.25, 0.3) is 0 Å². The van der Waals surface area contributed by atoms with Gasteiger partial charge in [0.1, 0.15) is 0 Å². The number of hydrogen-bond donors (Lipinski definition) is 2. The summed E-state index contributed by atoms with van der Waals surface area (Å²) in [5.74, 6) is 0.898. The number of nitrogens with one attached hydrogen (secondary N) is 2. The van der Waals surface area contributed by atoms with Gasteiger partial charge in [-0.2, -0.15) is 0 Å². The third-order valence-corrected chi connectivity index (χ3v) is 5.63. The molecule has 24 heavy (non-hydrogen) atoms. The number of amides is 2. The Kier molecular flexibility index (Phi) is 7.17. The fourth-order valence-corrected chi connectivity index (χ4v) is 4.26. The monoisotopic (exact) mass is 338 g/mol. The van der Waals surface area contributed by atoms with Crippen molar-refractivity contribution in [1.29, 1.82) is 0 Å². The van der Waals surface area contributed by atoms with E-state index in [0.29, 0.717) is 12.6 Å². The first kappa shape index (κ1) is 18.0. The number of carbonyl (C=O) groups excluding carboxylic acids is 1. The molecule has 0 aromatic heterocycles. The van der Waals surface area contributed by atoms with Crippen LogP contribution in [0.4, 0.5) is 4.79 Å². The largest absolute Gasteiger partial charge is 0.380 e. The van der Waals surface area contributed by atoms with E-state index in [0.717, 1.165) is 64.7 Å². The summed E-state index contributed by atoms with van der Waals surface area (Å²) >= 11 is 0. The predicted molar refractivity (Wildman–Crippen MR) is 95.2 cm³/mol. The van der Waals surface area contributed by atoms with Gasteiger partial charge in [0, 0.05) is 58.5 Å². The highest BCUT2D eigenvalue weighted by molar-refractivity contribution is 5.74. The zero-order valence-electron chi connectivity index (χ0n) is 15.0. The summed E-state index contributed by atoms with van der Waals surface area (Å²) in [5.41, 5.74) is 0. The topological polar surface area (TPSA) is 56.8 Å². The van der Waals surface area contributed by atoms with Gasteiger partial charge in [-0.25, -0.2) is 4.79 Å². The lowest BCUT2D eigenvalue weighted by Gasteiger charge is -2.21. The molecule has 0 spiro atoms. The molecule has 2 N–H and O–H groups in total. The van der Waals surface area contributed by atoms with Gasteiger partial charge in [-0.15, -0.1) is 0 Å². The Morgan fingerprint density at radius 2 is 1.88 bits per heavy atom. The second-order valence-electron chi connectivity index (χ2n) is 7.60. The van der Waals surface area contributed by atoms with Crippen LogP contribution >= 0.6 is 0 Å². The minimum absolute atomic E-state index is 0.00575. The SMILES string of the molecule is O=C(NCCN1CCCOCC1)N[C@@H]1CCN(CC2CCCC2)C1. The highest BCUT2D eigenvalue weighted by atomic mass is 16.5. The number of ether oxygens (including phenoxy) is 1. The first-order chi connectivity index (χ1) is 11.8. The van der Waals surface area contributed by atoms with E-state index in [1.54, 1.807) is 0 Å². The summed E-state index contributed by atoms with van der Waals surface area (Å²) in [4.78, 5) is 17.0. The lowest BCUT2D eigenvalue weighted by molar-refractivity contribution is 0.141. The molecule has 138 valence electrons. The lowest BCUT2D eigenvalue weighted by Crippen LogP contribution is -2.45. The maximum atomic E-state index is 12.1. The van der Waals surface area contributed by atoms with Crippen LogP contribution < -0.4 is 10.6 Å². The van der Waals surface area contributed by atoms with Gasteiger partial charge in [-0.1, -0.05) is 12.8 Å². The van der Waals surface area contributed by atoms with Gasteiger partial charge in [0.15, 0.2) is 0 Å². The molecule has 2 aliphatic heterocycles. The van der Waals surface area contributed by atoms with Gasteiger partial charge in [-0.05, 0) is 31.6 Å². The maximum Gasteiger partial charge on any atom is 0.315 e.